The molecule has 0 bridgehead atoms. The van der Waals surface area contributed by atoms with Crippen LogP contribution in [0.3, 0.4) is 0 Å². The van der Waals surface area contributed by atoms with Gasteiger partial charge in [-0.2, -0.15) is 4.98 Å². The van der Waals surface area contributed by atoms with Crippen LogP contribution in [0, 0.1) is 0 Å². The van der Waals surface area contributed by atoms with Crippen LogP contribution < -0.4 is 5.56 Å². The number of methoxy groups -OCH3 is 1. The van der Waals surface area contributed by atoms with Crippen molar-refractivity contribution in [3.63, 3.8) is 0 Å². The highest BCUT2D eigenvalue weighted by Gasteiger charge is 2.25. The molecule has 0 aromatic carbocycles. The number of ether oxygens (including phenoxy) is 1. The molecule has 0 N–H and O–H groups in total. The van der Waals surface area contributed by atoms with Gasteiger partial charge in [0.1, 0.15) is 4.83 Å². The number of thioether (sulfide) groups is 1. The SMILES string of the molecule is CCCCc1noc(C(C)Sc2nc3sc4c(c3c(=O)n2CCOC)CCC4)n1. The summed E-state index contributed by atoms with van der Waals surface area (Å²) in [6.07, 6.45) is 6.10. The quantitative estimate of drug-likeness (QED) is 0.369. The van der Waals surface area contributed by atoms with E-state index in [1.807, 2.05) is 6.92 Å². The molecular formula is C20H26N4O3S2. The second-order valence-corrected chi connectivity index (χ2v) is 9.69. The topological polar surface area (TPSA) is 83.0 Å². The van der Waals surface area contributed by atoms with Crippen molar-refractivity contribution in [2.45, 2.75) is 69.3 Å². The Morgan fingerprint density at radius 2 is 2.21 bits per heavy atom. The number of aromatic nitrogens is 4. The molecule has 1 unspecified atom stereocenters. The second-order valence-electron chi connectivity index (χ2n) is 7.29. The Morgan fingerprint density at radius 1 is 1.34 bits per heavy atom. The maximum Gasteiger partial charge on any atom is 0.263 e. The van der Waals surface area contributed by atoms with Crippen LogP contribution in [0.1, 0.15) is 60.5 Å². The highest BCUT2D eigenvalue weighted by molar-refractivity contribution is 7.99. The van der Waals surface area contributed by atoms with E-state index in [2.05, 4.69) is 17.1 Å². The summed E-state index contributed by atoms with van der Waals surface area (Å²) in [5, 5.41) is 5.47. The third-order valence-corrected chi connectivity index (χ3v) is 7.44. The van der Waals surface area contributed by atoms with Crippen molar-refractivity contribution in [2.24, 2.45) is 0 Å². The average molecular weight is 435 g/mol. The van der Waals surface area contributed by atoms with E-state index in [0.717, 1.165) is 54.6 Å². The summed E-state index contributed by atoms with van der Waals surface area (Å²) in [6.45, 7) is 5.08. The highest BCUT2D eigenvalue weighted by Crippen LogP contribution is 2.38. The first-order chi connectivity index (χ1) is 14.1. The molecule has 0 fully saturated rings. The minimum Gasteiger partial charge on any atom is -0.383 e. The molecule has 0 aliphatic heterocycles. The first kappa shape index (κ1) is 20.6. The first-order valence-corrected chi connectivity index (χ1v) is 11.8. The van der Waals surface area contributed by atoms with Gasteiger partial charge in [0.15, 0.2) is 11.0 Å². The van der Waals surface area contributed by atoms with Crippen molar-refractivity contribution in [2.75, 3.05) is 13.7 Å². The summed E-state index contributed by atoms with van der Waals surface area (Å²) in [4.78, 5) is 24.9. The van der Waals surface area contributed by atoms with Gasteiger partial charge in [-0.1, -0.05) is 30.3 Å². The van der Waals surface area contributed by atoms with E-state index in [1.54, 1.807) is 23.0 Å². The Balaban J connectivity index is 1.66. The van der Waals surface area contributed by atoms with Gasteiger partial charge >= 0.3 is 0 Å². The third-order valence-electron chi connectivity index (χ3n) is 5.18. The van der Waals surface area contributed by atoms with Crippen LogP contribution >= 0.6 is 23.1 Å². The molecule has 3 aromatic rings. The summed E-state index contributed by atoms with van der Waals surface area (Å²) < 4.78 is 12.4. The summed E-state index contributed by atoms with van der Waals surface area (Å²) in [5.41, 5.74) is 1.24. The van der Waals surface area contributed by atoms with E-state index in [1.165, 1.54) is 22.2 Å². The van der Waals surface area contributed by atoms with Gasteiger partial charge in [-0.05, 0) is 38.2 Å². The van der Waals surface area contributed by atoms with Gasteiger partial charge in [0.25, 0.3) is 5.56 Å². The summed E-state index contributed by atoms with van der Waals surface area (Å²) in [7, 11) is 1.64. The first-order valence-electron chi connectivity index (χ1n) is 10.2. The maximum absolute atomic E-state index is 13.3. The molecule has 1 aliphatic rings. The zero-order valence-electron chi connectivity index (χ0n) is 17.1. The smallest absolute Gasteiger partial charge is 0.263 e. The molecule has 7 nitrogen and oxygen atoms in total. The van der Waals surface area contributed by atoms with Gasteiger partial charge in [0, 0.05) is 18.4 Å². The highest BCUT2D eigenvalue weighted by atomic mass is 32.2. The molecule has 3 aromatic heterocycles. The van der Waals surface area contributed by atoms with E-state index in [4.69, 9.17) is 14.2 Å². The van der Waals surface area contributed by atoms with Crippen LogP contribution in [0.25, 0.3) is 10.2 Å². The molecule has 0 radical (unpaired) electrons. The third kappa shape index (κ3) is 4.13. The van der Waals surface area contributed by atoms with Crippen LogP contribution in [0.4, 0.5) is 0 Å². The molecule has 9 heteroatoms. The van der Waals surface area contributed by atoms with Crippen molar-refractivity contribution >= 4 is 33.3 Å². The minimum atomic E-state index is -0.0946. The van der Waals surface area contributed by atoms with Gasteiger partial charge in [-0.15, -0.1) is 11.3 Å². The predicted octanol–water partition coefficient (Wildman–Crippen LogP) is 4.17. The Hall–Kier alpha value is -1.71. The van der Waals surface area contributed by atoms with E-state index in [9.17, 15) is 4.79 Å². The average Bonchev–Trinajstić information content (AvgIpc) is 3.41. The fourth-order valence-electron chi connectivity index (χ4n) is 3.61. The minimum absolute atomic E-state index is 0.0373. The number of fused-ring (bicyclic) bond motifs is 3. The molecule has 156 valence electrons. The Bertz CT molecular complexity index is 1060. The van der Waals surface area contributed by atoms with Crippen LogP contribution in [0.2, 0.25) is 0 Å². The van der Waals surface area contributed by atoms with E-state index in [0.29, 0.717) is 24.2 Å². The lowest BCUT2D eigenvalue weighted by Crippen LogP contribution is -2.25. The Kier molecular flexibility index (Phi) is 6.36. The number of rotatable bonds is 9. The lowest BCUT2D eigenvalue weighted by molar-refractivity contribution is 0.183. The van der Waals surface area contributed by atoms with Crippen molar-refractivity contribution in [3.05, 3.63) is 32.5 Å². The predicted molar refractivity (Wildman–Crippen MR) is 115 cm³/mol. The number of unbranched alkanes of at least 4 members (excludes halogenated alkanes) is 1. The van der Waals surface area contributed by atoms with Crippen molar-refractivity contribution in [3.8, 4) is 0 Å². The van der Waals surface area contributed by atoms with E-state index < -0.39 is 0 Å². The Morgan fingerprint density at radius 3 is 3.00 bits per heavy atom. The van der Waals surface area contributed by atoms with Crippen LogP contribution in [0.15, 0.2) is 14.5 Å². The monoisotopic (exact) mass is 434 g/mol. The number of aryl methyl sites for hydroxylation is 3. The molecule has 3 heterocycles. The maximum atomic E-state index is 13.3. The van der Waals surface area contributed by atoms with Gasteiger partial charge in [0.05, 0.1) is 23.8 Å². The number of hydrogen-bond acceptors (Lipinski definition) is 8. The lowest BCUT2D eigenvalue weighted by Gasteiger charge is -2.13. The molecule has 29 heavy (non-hydrogen) atoms. The van der Waals surface area contributed by atoms with Gasteiger partial charge < -0.3 is 9.26 Å². The standard InChI is InChI=1S/C20H26N4O3S2/c1-4-5-9-15-21-17(27-23-15)12(2)28-20-22-18-16(13-7-6-8-14(13)29-18)19(25)24(20)10-11-26-3/h12H,4-11H2,1-3H3. The van der Waals surface area contributed by atoms with Crippen LogP contribution in [-0.4, -0.2) is 33.4 Å². The summed E-state index contributed by atoms with van der Waals surface area (Å²) in [6, 6.07) is 0. The van der Waals surface area contributed by atoms with Crippen LogP contribution in [-0.2, 0) is 30.5 Å². The summed E-state index contributed by atoms with van der Waals surface area (Å²) >= 11 is 3.15. The molecule has 1 aliphatic carbocycles. The molecule has 0 saturated carbocycles. The van der Waals surface area contributed by atoms with E-state index in [-0.39, 0.29) is 10.8 Å². The lowest BCUT2D eigenvalue weighted by atomic mass is 10.2. The fourth-order valence-corrected chi connectivity index (χ4v) is 5.87. The number of thiophene rings is 1. The number of hydrogen-bond donors (Lipinski definition) is 0. The van der Waals surface area contributed by atoms with Gasteiger partial charge in [-0.25, -0.2) is 4.98 Å². The molecule has 0 amide bonds. The van der Waals surface area contributed by atoms with Crippen LogP contribution in [0.5, 0.6) is 0 Å². The normalized spacial score (nSPS) is 14.6. The largest absolute Gasteiger partial charge is 0.383 e. The van der Waals surface area contributed by atoms with Crippen molar-refractivity contribution in [1.82, 2.24) is 19.7 Å². The molecular weight excluding hydrogens is 408 g/mol. The van der Waals surface area contributed by atoms with Gasteiger partial charge in [-0.3, -0.25) is 9.36 Å². The molecule has 1 atom stereocenters. The van der Waals surface area contributed by atoms with Crippen molar-refractivity contribution in [1.29, 1.82) is 0 Å². The zero-order valence-corrected chi connectivity index (χ0v) is 18.7. The fraction of sp³-hybridized carbons (Fsp3) is 0.600. The molecule has 0 spiro atoms. The molecule has 4 rings (SSSR count). The van der Waals surface area contributed by atoms with Crippen molar-refractivity contribution < 1.29 is 9.26 Å². The van der Waals surface area contributed by atoms with Gasteiger partial charge in [0.2, 0.25) is 5.89 Å². The number of nitrogens with zero attached hydrogens (tertiary/aromatic N) is 4. The van der Waals surface area contributed by atoms with E-state index >= 15 is 0 Å². The zero-order chi connectivity index (χ0) is 20.4. The second kappa shape index (κ2) is 8.97. The molecule has 0 saturated heterocycles. The summed E-state index contributed by atoms with van der Waals surface area (Å²) in [5.74, 6) is 1.31. The Labute approximate surface area is 177 Å².